The Morgan fingerprint density at radius 3 is 2.54 bits per heavy atom. The van der Waals surface area contributed by atoms with Crippen LogP contribution in [0.3, 0.4) is 0 Å². The van der Waals surface area contributed by atoms with Gasteiger partial charge in [0.15, 0.2) is 15.9 Å². The van der Waals surface area contributed by atoms with Crippen molar-refractivity contribution in [2.75, 3.05) is 18.1 Å². The Hall–Kier alpha value is -4.11. The summed E-state index contributed by atoms with van der Waals surface area (Å²) in [6, 6.07) is 4.28. The molecule has 2 aliphatic heterocycles. The quantitative estimate of drug-likeness (QED) is 0.218. The number of nitrogens with zero attached hydrogens (tertiary/aromatic N) is 6. The Morgan fingerprint density at radius 1 is 1.15 bits per heavy atom. The molecular formula is C26H31FN6O7Si. The van der Waals surface area contributed by atoms with Crippen molar-refractivity contribution in [1.29, 1.82) is 0 Å². The van der Waals surface area contributed by atoms with E-state index in [1.54, 1.807) is 12.1 Å². The topological polar surface area (TPSA) is 144 Å². The van der Waals surface area contributed by atoms with Crippen LogP contribution in [0.4, 0.5) is 20.7 Å². The molecule has 41 heavy (non-hydrogen) atoms. The van der Waals surface area contributed by atoms with Gasteiger partial charge in [0.05, 0.1) is 17.8 Å². The first-order valence-corrected chi connectivity index (χ1v) is 14.3. The van der Waals surface area contributed by atoms with Crippen molar-refractivity contribution in [2.24, 2.45) is 0 Å². The third-order valence-corrected chi connectivity index (χ3v) is 8.46. The molecule has 0 bridgehead atoms. The van der Waals surface area contributed by atoms with Crippen LogP contribution >= 0.6 is 0 Å². The van der Waals surface area contributed by atoms with E-state index in [4.69, 9.17) is 18.6 Å². The van der Waals surface area contributed by atoms with Crippen LogP contribution in [0.5, 0.6) is 12.0 Å². The largest absolute Gasteiger partial charge is 0.455 e. The van der Waals surface area contributed by atoms with Crippen molar-refractivity contribution in [2.45, 2.75) is 63.9 Å². The third kappa shape index (κ3) is 6.15. The highest BCUT2D eigenvalue weighted by Crippen LogP contribution is 2.35. The number of nitro groups is 1. The van der Waals surface area contributed by atoms with E-state index in [0.29, 0.717) is 11.3 Å². The lowest BCUT2D eigenvalue weighted by Gasteiger charge is -2.37. The number of hydrogen-bond donors (Lipinski definition) is 0. The van der Waals surface area contributed by atoms with Crippen LogP contribution in [-0.4, -0.2) is 71.3 Å². The highest BCUT2D eigenvalue weighted by molar-refractivity contribution is 6.31. The number of aromatic nitrogens is 4. The Balaban J connectivity index is 1.27. The van der Waals surface area contributed by atoms with Gasteiger partial charge in [-0.25, -0.2) is 19.2 Å². The molecule has 5 rings (SSSR count). The van der Waals surface area contributed by atoms with Crippen LogP contribution < -0.4 is 14.4 Å². The van der Waals surface area contributed by atoms with Crippen molar-refractivity contribution < 1.29 is 32.7 Å². The summed E-state index contributed by atoms with van der Waals surface area (Å²) in [6.45, 7) is 10.7. The molecule has 0 saturated carbocycles. The van der Waals surface area contributed by atoms with Gasteiger partial charge in [0.25, 0.3) is 0 Å². The number of imidazole rings is 1. The summed E-state index contributed by atoms with van der Waals surface area (Å²) in [5.41, 5.74) is 0.345. The number of fused-ring (bicyclic) bond motifs is 1. The molecule has 2 aromatic heterocycles. The molecular weight excluding hydrogens is 555 g/mol. The summed E-state index contributed by atoms with van der Waals surface area (Å²) in [6.07, 6.45) is 3.07. The molecule has 4 heterocycles. The minimum Gasteiger partial charge on any atom is -0.455 e. The molecule has 0 unspecified atom stereocenters. The maximum absolute atomic E-state index is 15.4. The predicted molar refractivity (Wildman–Crippen MR) is 147 cm³/mol. The van der Waals surface area contributed by atoms with Crippen LogP contribution in [0.1, 0.15) is 34.6 Å². The van der Waals surface area contributed by atoms with E-state index in [2.05, 4.69) is 35.7 Å². The second-order valence-electron chi connectivity index (χ2n) is 11.7. The smallest absolute Gasteiger partial charge is 0.414 e. The molecule has 15 heteroatoms. The van der Waals surface area contributed by atoms with Gasteiger partial charge in [0.2, 0.25) is 0 Å². The monoisotopic (exact) mass is 586 g/mol. The number of carbonyl (C=O) groups excluding carboxylic acids is 1. The lowest BCUT2D eigenvalue weighted by atomic mass is 9.98. The maximum Gasteiger partial charge on any atom is 0.414 e. The fraction of sp³-hybridized carbons (Fsp3) is 0.462. The van der Waals surface area contributed by atoms with Gasteiger partial charge in [-0.2, -0.15) is 0 Å². The average molecular weight is 587 g/mol. The van der Waals surface area contributed by atoms with E-state index in [9.17, 15) is 14.9 Å². The van der Waals surface area contributed by atoms with E-state index in [1.165, 1.54) is 34.1 Å². The molecule has 1 fully saturated rings. The fourth-order valence-electron chi connectivity index (χ4n) is 4.50. The molecule has 0 spiro atoms. The standard InChI is InChI=1S/C26H31FN6O7Si/c1-25(2,3)41-40-26(4,5)20-14-38-24(34)32(20)16-6-7-18(19(27)8-16)15-9-28-22(29-10-15)39-17-11-31-12-21(33(35)36)30-23(31)37-13-17/h6-10,12,17,20H,11,13-14,41H2,1-5H3/t17-,20+/m0/s1. The fourth-order valence-corrected chi connectivity index (χ4v) is 5.50. The van der Waals surface area contributed by atoms with Crippen molar-refractivity contribution in [3.8, 4) is 23.1 Å². The van der Waals surface area contributed by atoms with Gasteiger partial charge in [-0.15, -0.1) is 0 Å². The molecule has 1 amide bonds. The summed E-state index contributed by atoms with van der Waals surface area (Å²) < 4.78 is 39.7. The second-order valence-corrected chi connectivity index (χ2v) is 14.4. The Labute approximate surface area is 237 Å². The molecule has 2 aliphatic rings. The second kappa shape index (κ2) is 10.7. The average Bonchev–Trinajstić information content (AvgIpc) is 3.52. The van der Waals surface area contributed by atoms with Crippen molar-refractivity contribution >= 4 is 27.4 Å². The zero-order chi connectivity index (χ0) is 29.5. The summed E-state index contributed by atoms with van der Waals surface area (Å²) >= 11 is 0. The van der Waals surface area contributed by atoms with Crippen LogP contribution in [-0.2, 0) is 15.7 Å². The number of anilines is 1. The lowest BCUT2D eigenvalue weighted by molar-refractivity contribution is -0.389. The Kier molecular flexibility index (Phi) is 7.42. The molecule has 13 nitrogen and oxygen atoms in total. The van der Waals surface area contributed by atoms with Crippen LogP contribution in [0, 0.1) is 15.9 Å². The van der Waals surface area contributed by atoms with Gasteiger partial charge >= 0.3 is 23.9 Å². The summed E-state index contributed by atoms with van der Waals surface area (Å²) in [5, 5.41) is 11.0. The van der Waals surface area contributed by atoms with Crippen molar-refractivity contribution in [3.05, 3.63) is 52.7 Å². The predicted octanol–water partition coefficient (Wildman–Crippen LogP) is 3.65. The molecule has 1 aromatic carbocycles. The van der Waals surface area contributed by atoms with Gasteiger partial charge < -0.3 is 28.8 Å². The first-order chi connectivity index (χ1) is 19.3. The van der Waals surface area contributed by atoms with Gasteiger partial charge in [-0.1, -0.05) is 20.8 Å². The summed E-state index contributed by atoms with van der Waals surface area (Å²) in [5.74, 6) is -0.874. The molecule has 218 valence electrons. The normalized spacial score (nSPS) is 19.3. The lowest BCUT2D eigenvalue weighted by Crippen LogP contribution is -2.51. The van der Waals surface area contributed by atoms with Crippen molar-refractivity contribution in [1.82, 2.24) is 19.5 Å². The molecule has 1 saturated heterocycles. The first kappa shape index (κ1) is 28.4. The van der Waals surface area contributed by atoms with Gasteiger partial charge in [0, 0.05) is 28.5 Å². The number of cyclic esters (lactones) is 1. The van der Waals surface area contributed by atoms with E-state index in [0.717, 1.165) is 0 Å². The molecule has 0 N–H and O–H groups in total. The summed E-state index contributed by atoms with van der Waals surface area (Å²) in [7, 11) is -0.911. The van der Waals surface area contributed by atoms with E-state index in [-0.39, 0.29) is 48.2 Å². The van der Waals surface area contributed by atoms with Gasteiger partial charge in [0.1, 0.15) is 31.3 Å². The number of benzene rings is 1. The highest BCUT2D eigenvalue weighted by atomic mass is 28.2. The zero-order valence-electron chi connectivity index (χ0n) is 23.4. The zero-order valence-corrected chi connectivity index (χ0v) is 24.8. The molecule has 0 aliphatic carbocycles. The number of ether oxygens (including phenoxy) is 3. The van der Waals surface area contributed by atoms with Crippen LogP contribution in [0.25, 0.3) is 11.1 Å². The molecule has 3 aromatic rings. The first-order valence-electron chi connectivity index (χ1n) is 13.0. The highest BCUT2D eigenvalue weighted by Gasteiger charge is 2.45. The SMILES string of the molecule is CC(C)(C)[SiH2]OC(C)(C)[C@H]1COC(=O)N1c1ccc(-c2cnc(O[C@@H]3COc4nc([N+](=O)[O-])cn4C3)nc2)c(F)c1. The molecule has 2 atom stereocenters. The van der Waals surface area contributed by atoms with E-state index in [1.807, 2.05) is 13.8 Å². The van der Waals surface area contributed by atoms with Crippen molar-refractivity contribution in [3.63, 3.8) is 0 Å². The minimum atomic E-state index is -0.911. The number of carbonyl (C=O) groups is 1. The summed E-state index contributed by atoms with van der Waals surface area (Å²) in [4.78, 5) is 36.6. The van der Waals surface area contributed by atoms with Gasteiger partial charge in [-0.3, -0.25) is 9.47 Å². The number of rotatable bonds is 8. The number of amides is 1. The Morgan fingerprint density at radius 2 is 1.88 bits per heavy atom. The maximum atomic E-state index is 15.4. The van der Waals surface area contributed by atoms with E-state index >= 15 is 4.39 Å². The number of hydrogen-bond acceptors (Lipinski definition) is 10. The molecule has 0 radical (unpaired) electrons. The van der Waals surface area contributed by atoms with E-state index < -0.39 is 44.3 Å². The van der Waals surface area contributed by atoms with Crippen LogP contribution in [0.2, 0.25) is 5.04 Å². The minimum absolute atomic E-state index is 0.0427. The number of halogens is 1. The third-order valence-electron chi connectivity index (χ3n) is 6.71. The van der Waals surface area contributed by atoms with Gasteiger partial charge in [-0.05, 0) is 42.0 Å². The Bertz CT molecular complexity index is 1460. The van der Waals surface area contributed by atoms with Crippen LogP contribution in [0.15, 0.2) is 36.8 Å².